The third kappa shape index (κ3) is 4.55. The summed E-state index contributed by atoms with van der Waals surface area (Å²) in [7, 11) is 0. The van der Waals surface area contributed by atoms with Gasteiger partial charge in [0.25, 0.3) is 0 Å². The number of carbonyl (C=O) groups is 3. The van der Waals surface area contributed by atoms with Crippen LogP contribution in [0.25, 0.3) is 0 Å². The van der Waals surface area contributed by atoms with Crippen molar-refractivity contribution in [3.8, 4) is 0 Å². The van der Waals surface area contributed by atoms with Gasteiger partial charge >= 0.3 is 5.97 Å². The topological polar surface area (TPSA) is 113 Å². The molecule has 0 radical (unpaired) electrons. The number of nitrogens with zero attached hydrogens (tertiary/aromatic N) is 1. The summed E-state index contributed by atoms with van der Waals surface area (Å²) < 4.78 is 0. The summed E-state index contributed by atoms with van der Waals surface area (Å²) >= 11 is 0. The van der Waals surface area contributed by atoms with Crippen LogP contribution in [-0.4, -0.2) is 52.5 Å². The van der Waals surface area contributed by atoms with E-state index in [0.29, 0.717) is 12.8 Å². The Bertz CT molecular complexity index is 605. The Morgan fingerprint density at radius 2 is 2.00 bits per heavy atom. The molecule has 1 aromatic rings. The quantitative estimate of drug-likeness (QED) is 0.685. The van der Waals surface area contributed by atoms with Crippen LogP contribution in [0.4, 0.5) is 0 Å². The number of hydrogen-bond donors (Lipinski definition) is 3. The van der Waals surface area contributed by atoms with Crippen LogP contribution in [0, 0.1) is 0 Å². The molecule has 1 aliphatic rings. The van der Waals surface area contributed by atoms with Crippen molar-refractivity contribution in [1.82, 2.24) is 10.2 Å². The van der Waals surface area contributed by atoms with Gasteiger partial charge in [0.15, 0.2) is 0 Å². The minimum absolute atomic E-state index is 0.175. The van der Waals surface area contributed by atoms with Gasteiger partial charge in [-0.1, -0.05) is 30.3 Å². The molecule has 1 saturated heterocycles. The Morgan fingerprint density at radius 1 is 1.33 bits per heavy atom. The number of amides is 2. The number of rotatable bonds is 6. The van der Waals surface area contributed by atoms with Gasteiger partial charge in [-0.3, -0.25) is 9.59 Å². The third-order valence-electron chi connectivity index (χ3n) is 4.18. The molecule has 7 nitrogen and oxygen atoms in total. The standard InChI is InChI=1S/C17H23N3O4/c1-11(21)19-13-9-15(17(23)24)20(10-13)16(22)14(18)8-7-12-5-3-2-4-6-12/h2-6,13-15H,7-10,18H2,1H3,(H,19,21)(H,23,24). The molecule has 0 aromatic heterocycles. The molecule has 2 amide bonds. The summed E-state index contributed by atoms with van der Waals surface area (Å²) in [4.78, 5) is 36.4. The Hall–Kier alpha value is -2.41. The number of carboxylic acids is 1. The third-order valence-corrected chi connectivity index (χ3v) is 4.18. The fourth-order valence-electron chi connectivity index (χ4n) is 3.01. The summed E-state index contributed by atoms with van der Waals surface area (Å²) in [6.07, 6.45) is 1.29. The second-order valence-electron chi connectivity index (χ2n) is 6.11. The van der Waals surface area contributed by atoms with Crippen molar-refractivity contribution in [1.29, 1.82) is 0 Å². The van der Waals surface area contributed by atoms with Crippen molar-refractivity contribution in [3.05, 3.63) is 35.9 Å². The van der Waals surface area contributed by atoms with Crippen LogP contribution in [0.3, 0.4) is 0 Å². The lowest BCUT2D eigenvalue weighted by Gasteiger charge is -2.24. The van der Waals surface area contributed by atoms with Gasteiger partial charge in [-0.05, 0) is 18.4 Å². The minimum atomic E-state index is -1.08. The highest BCUT2D eigenvalue weighted by Gasteiger charge is 2.41. The highest BCUT2D eigenvalue weighted by Crippen LogP contribution is 2.20. The molecule has 1 aliphatic heterocycles. The first-order valence-corrected chi connectivity index (χ1v) is 7.98. The number of carbonyl (C=O) groups excluding carboxylic acids is 2. The summed E-state index contributed by atoms with van der Waals surface area (Å²) in [6, 6.07) is 7.61. The average Bonchev–Trinajstić information content (AvgIpc) is 2.96. The van der Waals surface area contributed by atoms with Crippen molar-refractivity contribution in [2.75, 3.05) is 6.54 Å². The zero-order valence-electron chi connectivity index (χ0n) is 13.6. The number of nitrogens with one attached hydrogen (secondary N) is 1. The molecule has 0 spiro atoms. The van der Waals surface area contributed by atoms with Crippen LogP contribution < -0.4 is 11.1 Å². The molecular formula is C17H23N3O4. The van der Waals surface area contributed by atoms with E-state index in [1.54, 1.807) is 0 Å². The maximum atomic E-state index is 12.5. The van der Waals surface area contributed by atoms with E-state index in [1.807, 2.05) is 30.3 Å². The van der Waals surface area contributed by atoms with Crippen molar-refractivity contribution in [2.24, 2.45) is 5.73 Å². The Labute approximate surface area is 140 Å². The number of carboxylic acid groups (broad SMARTS) is 1. The lowest BCUT2D eigenvalue weighted by molar-refractivity contribution is -0.148. The maximum absolute atomic E-state index is 12.5. The predicted molar refractivity (Wildman–Crippen MR) is 88.1 cm³/mol. The summed E-state index contributed by atoms with van der Waals surface area (Å²) in [5, 5.41) is 12.0. The predicted octanol–water partition coefficient (Wildman–Crippen LogP) is 0.137. The second kappa shape index (κ2) is 7.92. The lowest BCUT2D eigenvalue weighted by Crippen LogP contribution is -2.49. The molecule has 1 fully saturated rings. The smallest absolute Gasteiger partial charge is 0.326 e. The zero-order chi connectivity index (χ0) is 17.7. The fourth-order valence-corrected chi connectivity index (χ4v) is 3.01. The monoisotopic (exact) mass is 333 g/mol. The summed E-state index contributed by atoms with van der Waals surface area (Å²) in [6.45, 7) is 1.54. The van der Waals surface area contributed by atoms with Crippen molar-refractivity contribution in [2.45, 2.75) is 44.3 Å². The number of benzene rings is 1. The normalized spacial score (nSPS) is 21.3. The van der Waals surface area contributed by atoms with Crippen LogP contribution in [0.15, 0.2) is 30.3 Å². The molecule has 4 N–H and O–H groups in total. The highest BCUT2D eigenvalue weighted by atomic mass is 16.4. The first-order chi connectivity index (χ1) is 11.4. The van der Waals surface area contributed by atoms with Crippen LogP contribution in [0.5, 0.6) is 0 Å². The van der Waals surface area contributed by atoms with Gasteiger partial charge < -0.3 is 21.1 Å². The maximum Gasteiger partial charge on any atom is 0.326 e. The van der Waals surface area contributed by atoms with E-state index in [-0.39, 0.29) is 30.8 Å². The van der Waals surface area contributed by atoms with E-state index in [9.17, 15) is 19.5 Å². The van der Waals surface area contributed by atoms with E-state index in [0.717, 1.165) is 5.56 Å². The number of nitrogens with two attached hydrogens (primary N) is 1. The van der Waals surface area contributed by atoms with Crippen LogP contribution in [-0.2, 0) is 20.8 Å². The van der Waals surface area contributed by atoms with Crippen LogP contribution in [0.2, 0.25) is 0 Å². The summed E-state index contributed by atoms with van der Waals surface area (Å²) in [5.74, 6) is -1.70. The molecule has 1 heterocycles. The van der Waals surface area contributed by atoms with Gasteiger partial charge in [-0.25, -0.2) is 4.79 Å². The molecule has 3 unspecified atom stereocenters. The van der Waals surface area contributed by atoms with E-state index >= 15 is 0 Å². The van der Waals surface area contributed by atoms with Gasteiger partial charge in [0.1, 0.15) is 6.04 Å². The van der Waals surface area contributed by atoms with Crippen LogP contribution >= 0.6 is 0 Å². The number of likely N-dealkylation sites (tertiary alicyclic amines) is 1. The molecule has 130 valence electrons. The van der Waals surface area contributed by atoms with E-state index in [4.69, 9.17) is 5.73 Å². The van der Waals surface area contributed by atoms with Crippen molar-refractivity contribution >= 4 is 17.8 Å². The first-order valence-electron chi connectivity index (χ1n) is 7.98. The summed E-state index contributed by atoms with van der Waals surface area (Å²) in [5.41, 5.74) is 7.06. The Kier molecular flexibility index (Phi) is 5.92. The highest BCUT2D eigenvalue weighted by molar-refractivity contribution is 5.88. The molecule has 2 rings (SSSR count). The molecule has 0 saturated carbocycles. The molecule has 1 aromatic carbocycles. The molecule has 0 bridgehead atoms. The average molecular weight is 333 g/mol. The van der Waals surface area contributed by atoms with Gasteiger partial charge in [0.2, 0.25) is 11.8 Å². The van der Waals surface area contributed by atoms with E-state index < -0.39 is 18.1 Å². The van der Waals surface area contributed by atoms with Gasteiger partial charge in [-0.15, -0.1) is 0 Å². The number of hydrogen-bond acceptors (Lipinski definition) is 4. The molecule has 0 aliphatic carbocycles. The van der Waals surface area contributed by atoms with Gasteiger partial charge in [0.05, 0.1) is 6.04 Å². The number of aliphatic carboxylic acids is 1. The minimum Gasteiger partial charge on any atom is -0.480 e. The lowest BCUT2D eigenvalue weighted by atomic mass is 10.0. The van der Waals surface area contributed by atoms with Crippen molar-refractivity contribution in [3.63, 3.8) is 0 Å². The molecule has 3 atom stereocenters. The second-order valence-corrected chi connectivity index (χ2v) is 6.11. The SMILES string of the molecule is CC(=O)NC1CC(C(=O)O)N(C(=O)C(N)CCc2ccccc2)C1. The molecule has 7 heteroatoms. The zero-order valence-corrected chi connectivity index (χ0v) is 13.6. The van der Waals surface area contributed by atoms with E-state index in [1.165, 1.54) is 11.8 Å². The van der Waals surface area contributed by atoms with Crippen molar-refractivity contribution < 1.29 is 19.5 Å². The fraction of sp³-hybridized carbons (Fsp3) is 0.471. The molecule has 24 heavy (non-hydrogen) atoms. The first kappa shape index (κ1) is 17.9. The van der Waals surface area contributed by atoms with Gasteiger partial charge in [-0.2, -0.15) is 0 Å². The van der Waals surface area contributed by atoms with Gasteiger partial charge in [0, 0.05) is 25.9 Å². The van der Waals surface area contributed by atoms with Crippen LogP contribution in [0.1, 0.15) is 25.3 Å². The van der Waals surface area contributed by atoms with E-state index in [2.05, 4.69) is 5.32 Å². The Balaban J connectivity index is 1.97. The molecular weight excluding hydrogens is 310 g/mol. The number of aryl methyl sites for hydroxylation is 1. The largest absolute Gasteiger partial charge is 0.480 e. The Morgan fingerprint density at radius 3 is 2.58 bits per heavy atom.